The van der Waals surface area contributed by atoms with Crippen molar-refractivity contribution in [1.82, 2.24) is 10.2 Å². The lowest BCUT2D eigenvalue weighted by Gasteiger charge is -2.02. The van der Waals surface area contributed by atoms with Gasteiger partial charge < -0.3 is 9.84 Å². The minimum atomic E-state index is -0.195. The topological polar surface area (TPSA) is 81.9 Å². The highest BCUT2D eigenvalue weighted by molar-refractivity contribution is 5.38. The molecule has 5 nitrogen and oxygen atoms in total. The predicted molar refractivity (Wildman–Crippen MR) is 51.5 cm³/mol. The molecule has 0 fully saturated rings. The fraction of sp³-hybridized carbons (Fsp3) is 0. The van der Waals surface area contributed by atoms with E-state index in [2.05, 4.69) is 10.2 Å². The summed E-state index contributed by atoms with van der Waals surface area (Å²) in [7, 11) is 0. The van der Waals surface area contributed by atoms with Gasteiger partial charge in [0.25, 0.3) is 5.88 Å². The molecule has 1 heterocycles. The van der Waals surface area contributed by atoms with Crippen molar-refractivity contribution in [3.63, 3.8) is 0 Å². The molecule has 0 atom stereocenters. The number of nitriles is 1. The maximum Gasteiger partial charge on any atom is 0.273 e. The average molecular weight is 201 g/mol. The molecule has 0 aliphatic heterocycles. The van der Waals surface area contributed by atoms with Crippen molar-refractivity contribution in [1.29, 1.82) is 5.26 Å². The summed E-state index contributed by atoms with van der Waals surface area (Å²) in [5, 5.41) is 23.7. The molecule has 5 heteroatoms. The number of nitrogens with zero attached hydrogens (tertiary/aromatic N) is 2. The van der Waals surface area contributed by atoms with Crippen molar-refractivity contribution < 1.29 is 9.84 Å². The van der Waals surface area contributed by atoms with Gasteiger partial charge >= 0.3 is 0 Å². The highest BCUT2D eigenvalue weighted by atomic mass is 16.5. The van der Waals surface area contributed by atoms with Gasteiger partial charge in [-0.05, 0) is 24.3 Å². The van der Waals surface area contributed by atoms with Gasteiger partial charge in [-0.2, -0.15) is 5.26 Å². The van der Waals surface area contributed by atoms with Gasteiger partial charge in [0.05, 0.1) is 17.8 Å². The number of aromatic amines is 1. The fourth-order valence-corrected chi connectivity index (χ4v) is 1.07. The summed E-state index contributed by atoms with van der Waals surface area (Å²) in [6.07, 6.45) is 1.44. The highest BCUT2D eigenvalue weighted by Gasteiger charge is 2.05. The normalized spacial score (nSPS) is 9.53. The summed E-state index contributed by atoms with van der Waals surface area (Å²) in [6.45, 7) is 0. The monoisotopic (exact) mass is 201 g/mol. The zero-order valence-electron chi connectivity index (χ0n) is 7.64. The summed E-state index contributed by atoms with van der Waals surface area (Å²) in [4.78, 5) is 0. The Labute approximate surface area is 85.6 Å². The molecule has 0 aliphatic rings. The number of nitrogens with one attached hydrogen (secondary N) is 1. The molecule has 0 saturated carbocycles. The third-order valence-corrected chi connectivity index (χ3v) is 1.80. The Morgan fingerprint density at radius 2 is 2.07 bits per heavy atom. The van der Waals surface area contributed by atoms with Gasteiger partial charge in [0.2, 0.25) is 5.75 Å². The van der Waals surface area contributed by atoms with Gasteiger partial charge in [-0.1, -0.05) is 0 Å². The van der Waals surface area contributed by atoms with Crippen LogP contribution in [0, 0.1) is 11.3 Å². The number of hydrogen-bond donors (Lipinski definition) is 2. The van der Waals surface area contributed by atoms with Crippen LogP contribution in [-0.2, 0) is 0 Å². The number of H-pyrrole nitrogens is 1. The van der Waals surface area contributed by atoms with Crippen molar-refractivity contribution in [2.45, 2.75) is 0 Å². The Morgan fingerprint density at radius 1 is 1.33 bits per heavy atom. The van der Waals surface area contributed by atoms with Crippen LogP contribution in [0.15, 0.2) is 30.5 Å². The Hall–Kier alpha value is -2.48. The Balaban J connectivity index is 2.19. The second-order valence-electron chi connectivity index (χ2n) is 2.81. The van der Waals surface area contributed by atoms with E-state index in [9.17, 15) is 5.11 Å². The van der Waals surface area contributed by atoms with Gasteiger partial charge in [-0.15, -0.1) is 5.10 Å². The largest absolute Gasteiger partial charge is 0.490 e. The van der Waals surface area contributed by atoms with E-state index in [0.29, 0.717) is 11.3 Å². The van der Waals surface area contributed by atoms with Gasteiger partial charge in [0.1, 0.15) is 5.75 Å². The molecule has 0 spiro atoms. The van der Waals surface area contributed by atoms with E-state index >= 15 is 0 Å². The molecule has 2 N–H and O–H groups in total. The molecule has 0 unspecified atom stereocenters. The first-order valence-corrected chi connectivity index (χ1v) is 4.20. The number of rotatable bonds is 2. The van der Waals surface area contributed by atoms with Crippen molar-refractivity contribution in [3.05, 3.63) is 36.0 Å². The molecule has 1 aromatic carbocycles. The Morgan fingerprint density at radius 3 is 2.60 bits per heavy atom. The highest BCUT2D eigenvalue weighted by Crippen LogP contribution is 2.27. The van der Waals surface area contributed by atoms with Crippen LogP contribution in [0.3, 0.4) is 0 Å². The molecule has 74 valence electrons. The summed E-state index contributed by atoms with van der Waals surface area (Å²) >= 11 is 0. The van der Waals surface area contributed by atoms with Crippen molar-refractivity contribution in [2.75, 3.05) is 0 Å². The molecule has 0 aliphatic carbocycles. The molecule has 0 saturated heterocycles. The summed E-state index contributed by atoms with van der Waals surface area (Å²) < 4.78 is 5.30. The molecule has 0 radical (unpaired) electrons. The minimum Gasteiger partial charge on any atom is -0.490 e. The summed E-state index contributed by atoms with van der Waals surface area (Å²) in [5.74, 6) is 0.588. The quantitative estimate of drug-likeness (QED) is 0.775. The smallest absolute Gasteiger partial charge is 0.273 e. The van der Waals surface area contributed by atoms with Crippen LogP contribution >= 0.6 is 0 Å². The van der Waals surface area contributed by atoms with E-state index < -0.39 is 0 Å². The van der Waals surface area contributed by atoms with Crippen LogP contribution in [0.1, 0.15) is 5.56 Å². The maximum absolute atomic E-state index is 9.19. The van der Waals surface area contributed by atoms with Crippen LogP contribution in [0.5, 0.6) is 17.4 Å². The first kappa shape index (κ1) is 9.09. The van der Waals surface area contributed by atoms with Crippen LogP contribution < -0.4 is 4.74 Å². The third-order valence-electron chi connectivity index (χ3n) is 1.80. The van der Waals surface area contributed by atoms with Gasteiger partial charge in [-0.25, -0.2) is 0 Å². The third kappa shape index (κ3) is 1.89. The molecule has 2 rings (SSSR count). The van der Waals surface area contributed by atoms with E-state index in [1.807, 2.05) is 6.07 Å². The molecule has 1 aromatic heterocycles. The van der Waals surface area contributed by atoms with E-state index in [1.54, 1.807) is 24.3 Å². The number of aromatic nitrogens is 2. The first-order chi connectivity index (χ1) is 7.29. The Kier molecular flexibility index (Phi) is 2.25. The number of ether oxygens (including phenoxy) is 1. The second kappa shape index (κ2) is 3.72. The van der Waals surface area contributed by atoms with Crippen LogP contribution in [0.2, 0.25) is 0 Å². The van der Waals surface area contributed by atoms with E-state index in [4.69, 9.17) is 10.00 Å². The first-order valence-electron chi connectivity index (χ1n) is 4.20. The number of hydrogen-bond acceptors (Lipinski definition) is 4. The lowest BCUT2D eigenvalue weighted by molar-refractivity contribution is 0.401. The SMILES string of the molecule is N#Cc1ccc(Oc2c[nH]nc2O)cc1. The van der Waals surface area contributed by atoms with Crippen molar-refractivity contribution in [3.8, 4) is 23.4 Å². The summed E-state index contributed by atoms with van der Waals surface area (Å²) in [5.41, 5.74) is 0.554. The number of benzene rings is 1. The maximum atomic E-state index is 9.19. The zero-order chi connectivity index (χ0) is 10.7. The molecule has 0 bridgehead atoms. The molecular formula is C10H7N3O2. The molecule has 15 heavy (non-hydrogen) atoms. The van der Waals surface area contributed by atoms with Crippen LogP contribution in [0.25, 0.3) is 0 Å². The van der Waals surface area contributed by atoms with E-state index in [-0.39, 0.29) is 11.6 Å². The van der Waals surface area contributed by atoms with Gasteiger partial charge in [-0.3, -0.25) is 5.10 Å². The standard InChI is InChI=1S/C10H7N3O2/c11-5-7-1-3-8(4-2-7)15-9-6-12-13-10(9)14/h1-4,6H,(H2,12,13,14). The van der Waals surface area contributed by atoms with Crippen LogP contribution in [0.4, 0.5) is 0 Å². The van der Waals surface area contributed by atoms with Crippen LogP contribution in [-0.4, -0.2) is 15.3 Å². The van der Waals surface area contributed by atoms with Gasteiger partial charge in [0, 0.05) is 0 Å². The average Bonchev–Trinajstić information content (AvgIpc) is 2.66. The van der Waals surface area contributed by atoms with Crippen molar-refractivity contribution >= 4 is 0 Å². The zero-order valence-corrected chi connectivity index (χ0v) is 7.64. The van der Waals surface area contributed by atoms with Gasteiger partial charge in [0.15, 0.2) is 0 Å². The number of aromatic hydroxyl groups is 1. The molecule has 2 aromatic rings. The summed E-state index contributed by atoms with van der Waals surface area (Å²) in [6, 6.07) is 8.55. The Bertz CT molecular complexity index is 496. The van der Waals surface area contributed by atoms with E-state index in [0.717, 1.165) is 0 Å². The van der Waals surface area contributed by atoms with Crippen molar-refractivity contribution in [2.24, 2.45) is 0 Å². The van der Waals surface area contributed by atoms with E-state index in [1.165, 1.54) is 6.20 Å². The lowest BCUT2D eigenvalue weighted by atomic mass is 10.2. The lowest BCUT2D eigenvalue weighted by Crippen LogP contribution is -1.82. The minimum absolute atomic E-state index is 0.195. The predicted octanol–water partition coefficient (Wildman–Crippen LogP) is 1.78. The molecule has 0 amide bonds. The molecular weight excluding hydrogens is 194 g/mol. The second-order valence-corrected chi connectivity index (χ2v) is 2.81. The fourth-order valence-electron chi connectivity index (χ4n) is 1.07.